The van der Waals surface area contributed by atoms with Gasteiger partial charge in [0.1, 0.15) is 11.7 Å². The minimum atomic E-state index is -0.817. The molecular weight excluding hydrogens is 230 g/mol. The Balaban J connectivity index is 2.12. The molecule has 3 N–H and O–H groups in total. The first kappa shape index (κ1) is 12.6. The predicted octanol–water partition coefficient (Wildman–Crippen LogP) is 1.76. The van der Waals surface area contributed by atoms with E-state index in [4.69, 9.17) is 5.11 Å². The Morgan fingerprint density at radius 3 is 3.00 bits per heavy atom. The Labute approximate surface area is 105 Å². The summed E-state index contributed by atoms with van der Waals surface area (Å²) in [6, 6.07) is 3.31. The first-order valence-electron chi connectivity index (χ1n) is 5.96. The van der Waals surface area contributed by atoms with E-state index < -0.39 is 12.0 Å². The fourth-order valence-corrected chi connectivity index (χ4v) is 1.99. The summed E-state index contributed by atoms with van der Waals surface area (Å²) in [5.41, 5.74) is 1.86. The summed E-state index contributed by atoms with van der Waals surface area (Å²) in [5.74, 6) is -0.770. The highest BCUT2D eigenvalue weighted by Crippen LogP contribution is 2.15. The lowest BCUT2D eigenvalue weighted by atomic mass is 10.0. The zero-order valence-electron chi connectivity index (χ0n) is 10.5. The predicted molar refractivity (Wildman–Crippen MR) is 69.2 cm³/mol. The van der Waals surface area contributed by atoms with Crippen molar-refractivity contribution in [3.8, 4) is 0 Å². The van der Waals surface area contributed by atoms with Crippen LogP contribution in [0.1, 0.15) is 19.4 Å². The number of hydrogen-bond acceptors (Lipinski definition) is 3. The fraction of sp³-hybridized carbons (Fsp3) is 0.385. The lowest BCUT2D eigenvalue weighted by molar-refractivity contribution is -0.140. The van der Waals surface area contributed by atoms with Crippen molar-refractivity contribution in [2.45, 2.75) is 26.4 Å². The number of aromatic nitrogens is 2. The van der Waals surface area contributed by atoms with E-state index in [1.807, 2.05) is 32.2 Å². The molecule has 2 heterocycles. The van der Waals surface area contributed by atoms with Crippen LogP contribution in [-0.4, -0.2) is 27.1 Å². The molecule has 0 saturated heterocycles. The number of rotatable bonds is 5. The van der Waals surface area contributed by atoms with Gasteiger partial charge >= 0.3 is 5.97 Å². The van der Waals surface area contributed by atoms with Crippen LogP contribution in [-0.2, 0) is 11.3 Å². The smallest absolute Gasteiger partial charge is 0.320 e. The molecule has 2 rings (SSSR count). The molecule has 0 aliphatic carbocycles. The van der Waals surface area contributed by atoms with Gasteiger partial charge in [0.15, 0.2) is 0 Å². The lowest BCUT2D eigenvalue weighted by Gasteiger charge is -2.17. The Bertz CT molecular complexity index is 548. The number of fused-ring (bicyclic) bond motifs is 1. The minimum absolute atomic E-state index is 0.0471. The molecule has 0 amide bonds. The average molecular weight is 247 g/mol. The minimum Gasteiger partial charge on any atom is -0.480 e. The highest BCUT2D eigenvalue weighted by molar-refractivity contribution is 5.79. The Morgan fingerprint density at radius 2 is 2.33 bits per heavy atom. The van der Waals surface area contributed by atoms with Gasteiger partial charge in [-0.2, -0.15) is 0 Å². The van der Waals surface area contributed by atoms with E-state index in [1.165, 1.54) is 0 Å². The first-order valence-corrected chi connectivity index (χ1v) is 5.96. The Morgan fingerprint density at radius 1 is 1.56 bits per heavy atom. The van der Waals surface area contributed by atoms with Crippen molar-refractivity contribution in [1.29, 1.82) is 0 Å². The number of pyridine rings is 1. The van der Waals surface area contributed by atoms with Crippen molar-refractivity contribution in [3.63, 3.8) is 0 Å². The molecule has 18 heavy (non-hydrogen) atoms. The van der Waals surface area contributed by atoms with Gasteiger partial charge < -0.3 is 15.4 Å². The van der Waals surface area contributed by atoms with Gasteiger partial charge in [0.2, 0.25) is 0 Å². The average Bonchev–Trinajstić information content (AvgIpc) is 2.72. The number of aromatic amines is 1. The molecule has 2 aromatic heterocycles. The summed E-state index contributed by atoms with van der Waals surface area (Å²) in [6.45, 7) is 4.30. The number of H-pyrrole nitrogens is 1. The van der Waals surface area contributed by atoms with E-state index in [0.717, 1.165) is 16.6 Å². The molecule has 0 radical (unpaired) electrons. The monoisotopic (exact) mass is 247 g/mol. The third-order valence-electron chi connectivity index (χ3n) is 2.98. The van der Waals surface area contributed by atoms with Gasteiger partial charge in [-0.25, -0.2) is 4.98 Å². The summed E-state index contributed by atoms with van der Waals surface area (Å²) < 4.78 is 0. The molecule has 1 atom stereocenters. The number of carboxylic acid groups (broad SMARTS) is 1. The molecule has 2 aromatic rings. The molecule has 5 heteroatoms. The molecule has 0 aliphatic rings. The van der Waals surface area contributed by atoms with Gasteiger partial charge in [-0.1, -0.05) is 13.8 Å². The summed E-state index contributed by atoms with van der Waals surface area (Å²) in [6.07, 6.45) is 3.59. The third kappa shape index (κ3) is 2.51. The van der Waals surface area contributed by atoms with Crippen LogP contribution >= 0.6 is 0 Å². The standard InChI is InChI=1S/C13H17N3O2/c1-8(2)11(13(17)18)15-6-9-7-16-12-10(9)4-3-5-14-12/h3-5,7-8,11,15H,6H2,1-2H3,(H,14,16)(H,17,18). The van der Waals surface area contributed by atoms with E-state index >= 15 is 0 Å². The molecule has 0 aromatic carbocycles. The SMILES string of the molecule is CC(C)C(NCc1c[nH]c2ncccc12)C(=O)O. The Hall–Kier alpha value is -1.88. The quantitative estimate of drug-likeness (QED) is 0.752. The van der Waals surface area contributed by atoms with Crippen LogP contribution < -0.4 is 5.32 Å². The van der Waals surface area contributed by atoms with Crippen LogP contribution in [0, 0.1) is 5.92 Å². The summed E-state index contributed by atoms with van der Waals surface area (Å²) in [7, 11) is 0. The van der Waals surface area contributed by atoms with Crippen molar-refractivity contribution in [3.05, 3.63) is 30.1 Å². The number of hydrogen-bond donors (Lipinski definition) is 3. The molecule has 0 aliphatic heterocycles. The van der Waals surface area contributed by atoms with E-state index in [2.05, 4.69) is 15.3 Å². The number of nitrogens with one attached hydrogen (secondary N) is 2. The highest BCUT2D eigenvalue weighted by atomic mass is 16.4. The maximum absolute atomic E-state index is 11.1. The van der Waals surface area contributed by atoms with Crippen molar-refractivity contribution >= 4 is 17.0 Å². The van der Waals surface area contributed by atoms with Crippen molar-refractivity contribution in [1.82, 2.24) is 15.3 Å². The van der Waals surface area contributed by atoms with Gasteiger partial charge in [0, 0.05) is 24.3 Å². The second-order valence-electron chi connectivity index (χ2n) is 4.65. The summed E-state index contributed by atoms with van der Waals surface area (Å²) in [4.78, 5) is 18.4. The normalized spacial score (nSPS) is 13.1. The van der Waals surface area contributed by atoms with E-state index in [-0.39, 0.29) is 5.92 Å². The zero-order valence-corrected chi connectivity index (χ0v) is 10.5. The lowest BCUT2D eigenvalue weighted by Crippen LogP contribution is -2.40. The van der Waals surface area contributed by atoms with E-state index in [1.54, 1.807) is 6.20 Å². The largest absolute Gasteiger partial charge is 0.480 e. The van der Waals surface area contributed by atoms with Crippen molar-refractivity contribution in [2.24, 2.45) is 5.92 Å². The van der Waals surface area contributed by atoms with Gasteiger partial charge in [-0.05, 0) is 23.6 Å². The first-order chi connectivity index (χ1) is 8.59. The fourth-order valence-electron chi connectivity index (χ4n) is 1.99. The molecule has 1 unspecified atom stereocenters. The van der Waals surface area contributed by atoms with E-state index in [9.17, 15) is 4.79 Å². The maximum Gasteiger partial charge on any atom is 0.320 e. The summed E-state index contributed by atoms with van der Waals surface area (Å²) in [5, 5.41) is 13.2. The van der Waals surface area contributed by atoms with Gasteiger partial charge in [-0.3, -0.25) is 4.79 Å². The molecule has 0 bridgehead atoms. The van der Waals surface area contributed by atoms with Crippen LogP contribution in [0.15, 0.2) is 24.5 Å². The van der Waals surface area contributed by atoms with Crippen molar-refractivity contribution in [2.75, 3.05) is 0 Å². The number of carboxylic acids is 1. The van der Waals surface area contributed by atoms with Gasteiger partial charge in [-0.15, -0.1) is 0 Å². The van der Waals surface area contributed by atoms with Crippen LogP contribution in [0.2, 0.25) is 0 Å². The third-order valence-corrected chi connectivity index (χ3v) is 2.98. The Kier molecular flexibility index (Phi) is 3.62. The molecule has 5 nitrogen and oxygen atoms in total. The second-order valence-corrected chi connectivity index (χ2v) is 4.65. The van der Waals surface area contributed by atoms with Gasteiger partial charge in [0.25, 0.3) is 0 Å². The molecular formula is C13H17N3O2. The molecule has 0 spiro atoms. The van der Waals surface area contributed by atoms with Crippen LogP contribution in [0.5, 0.6) is 0 Å². The van der Waals surface area contributed by atoms with Crippen LogP contribution in [0.4, 0.5) is 0 Å². The maximum atomic E-state index is 11.1. The van der Waals surface area contributed by atoms with Crippen LogP contribution in [0.25, 0.3) is 11.0 Å². The van der Waals surface area contributed by atoms with E-state index in [0.29, 0.717) is 6.54 Å². The highest BCUT2D eigenvalue weighted by Gasteiger charge is 2.20. The number of carbonyl (C=O) groups is 1. The second kappa shape index (κ2) is 5.18. The molecule has 0 fully saturated rings. The number of aliphatic carboxylic acids is 1. The zero-order chi connectivity index (χ0) is 13.1. The molecule has 0 saturated carbocycles. The number of nitrogens with zero attached hydrogens (tertiary/aromatic N) is 1. The van der Waals surface area contributed by atoms with Crippen LogP contribution in [0.3, 0.4) is 0 Å². The van der Waals surface area contributed by atoms with Crippen molar-refractivity contribution < 1.29 is 9.90 Å². The topological polar surface area (TPSA) is 78.0 Å². The van der Waals surface area contributed by atoms with Gasteiger partial charge in [0.05, 0.1) is 0 Å². The molecule has 96 valence electrons. The summed E-state index contributed by atoms with van der Waals surface area (Å²) >= 11 is 0.